The van der Waals surface area contributed by atoms with Gasteiger partial charge in [0.15, 0.2) is 0 Å². The molecule has 1 amide bonds. The molecule has 1 aliphatic carbocycles. The molecular formula is C24H27N3O4. The number of aromatic nitrogens is 2. The van der Waals surface area contributed by atoms with Gasteiger partial charge in [0, 0.05) is 24.6 Å². The molecule has 31 heavy (non-hydrogen) atoms. The van der Waals surface area contributed by atoms with Crippen molar-refractivity contribution in [3.63, 3.8) is 0 Å². The number of benzene rings is 2. The Kier molecular flexibility index (Phi) is 6.06. The van der Waals surface area contributed by atoms with Crippen LogP contribution >= 0.6 is 0 Å². The number of alkyl carbamates (subject to hydrolysis) is 1. The minimum atomic E-state index is -1.20. The van der Waals surface area contributed by atoms with Gasteiger partial charge in [-0.2, -0.15) is 0 Å². The zero-order chi connectivity index (χ0) is 22.0. The number of aliphatic hydroxyl groups excluding tert-OH is 2. The van der Waals surface area contributed by atoms with Crippen LogP contribution in [0.15, 0.2) is 48.5 Å². The average Bonchev–Trinajstić information content (AvgIpc) is 3.33. The standard InChI is InChI=1S/C24H27N3O4/c1-3-21-26-14(2)22(27-21)23(29)20(28)12-25-24(30)31-13-19-17-10-6-4-8-15(17)16-9-5-7-11-18(16)19/h4-11,19-20,23,28-29H,3,12-13H2,1-2H3,(H,25,30)(H,26,27). The molecule has 0 spiro atoms. The smallest absolute Gasteiger partial charge is 0.407 e. The Balaban J connectivity index is 1.34. The Morgan fingerprint density at radius 2 is 1.74 bits per heavy atom. The predicted octanol–water partition coefficient (Wildman–Crippen LogP) is 3.21. The van der Waals surface area contributed by atoms with Crippen molar-refractivity contribution in [1.82, 2.24) is 15.3 Å². The number of fused-ring (bicyclic) bond motifs is 3. The van der Waals surface area contributed by atoms with Crippen LogP contribution < -0.4 is 5.32 Å². The summed E-state index contributed by atoms with van der Waals surface area (Å²) in [5, 5.41) is 23.2. The molecule has 1 heterocycles. The van der Waals surface area contributed by atoms with E-state index in [1.807, 2.05) is 31.2 Å². The summed E-state index contributed by atoms with van der Waals surface area (Å²) in [5.41, 5.74) is 5.67. The van der Waals surface area contributed by atoms with E-state index in [0.29, 0.717) is 17.8 Å². The van der Waals surface area contributed by atoms with E-state index in [-0.39, 0.29) is 19.1 Å². The number of aryl methyl sites for hydroxylation is 2. The van der Waals surface area contributed by atoms with Gasteiger partial charge in [-0.05, 0) is 29.2 Å². The van der Waals surface area contributed by atoms with Gasteiger partial charge in [-0.1, -0.05) is 55.5 Å². The summed E-state index contributed by atoms with van der Waals surface area (Å²) in [4.78, 5) is 19.6. The van der Waals surface area contributed by atoms with Gasteiger partial charge in [0.2, 0.25) is 0 Å². The van der Waals surface area contributed by atoms with E-state index >= 15 is 0 Å². The first kappa shape index (κ1) is 21.1. The van der Waals surface area contributed by atoms with Crippen LogP contribution in [-0.4, -0.2) is 45.5 Å². The third-order valence-electron chi connectivity index (χ3n) is 5.75. The minimum absolute atomic E-state index is 0.0344. The van der Waals surface area contributed by atoms with Crippen molar-refractivity contribution >= 4 is 6.09 Å². The molecule has 162 valence electrons. The molecule has 0 saturated carbocycles. The Labute approximate surface area is 181 Å². The number of nitrogens with one attached hydrogen (secondary N) is 2. The van der Waals surface area contributed by atoms with Gasteiger partial charge in [-0.15, -0.1) is 0 Å². The lowest BCUT2D eigenvalue weighted by Gasteiger charge is -2.18. The molecule has 1 aromatic heterocycles. The summed E-state index contributed by atoms with van der Waals surface area (Å²) in [5.74, 6) is 0.705. The van der Waals surface area contributed by atoms with Gasteiger partial charge in [0.05, 0.1) is 5.69 Å². The first-order valence-electron chi connectivity index (χ1n) is 10.5. The van der Waals surface area contributed by atoms with Gasteiger partial charge in [0.1, 0.15) is 24.6 Å². The molecule has 7 nitrogen and oxygen atoms in total. The maximum Gasteiger partial charge on any atom is 0.407 e. The van der Waals surface area contributed by atoms with Crippen molar-refractivity contribution < 1.29 is 19.7 Å². The molecule has 0 aliphatic heterocycles. The lowest BCUT2D eigenvalue weighted by atomic mass is 9.98. The summed E-state index contributed by atoms with van der Waals surface area (Å²) in [6.07, 6.45) is -2.35. The highest BCUT2D eigenvalue weighted by atomic mass is 16.5. The Hall–Kier alpha value is -3.16. The number of nitrogens with zero attached hydrogens (tertiary/aromatic N) is 1. The van der Waals surface area contributed by atoms with Gasteiger partial charge in [0.25, 0.3) is 0 Å². The van der Waals surface area contributed by atoms with E-state index in [9.17, 15) is 15.0 Å². The Morgan fingerprint density at radius 3 is 2.32 bits per heavy atom. The molecular weight excluding hydrogens is 394 g/mol. The fourth-order valence-electron chi connectivity index (χ4n) is 4.12. The molecule has 3 aromatic rings. The number of hydrogen-bond donors (Lipinski definition) is 4. The van der Waals surface area contributed by atoms with Gasteiger partial charge in [-0.25, -0.2) is 9.78 Å². The summed E-state index contributed by atoms with van der Waals surface area (Å²) >= 11 is 0. The van der Waals surface area contributed by atoms with Gasteiger partial charge in [-0.3, -0.25) is 0 Å². The van der Waals surface area contributed by atoms with E-state index in [0.717, 1.165) is 28.1 Å². The molecule has 0 saturated heterocycles. The van der Waals surface area contributed by atoms with Gasteiger partial charge >= 0.3 is 6.09 Å². The normalized spacial score (nSPS) is 14.6. The fourth-order valence-corrected chi connectivity index (χ4v) is 4.12. The number of rotatable bonds is 7. The third-order valence-corrected chi connectivity index (χ3v) is 5.75. The van der Waals surface area contributed by atoms with Crippen molar-refractivity contribution in [2.24, 2.45) is 0 Å². The number of amides is 1. The predicted molar refractivity (Wildman–Crippen MR) is 117 cm³/mol. The molecule has 2 unspecified atom stereocenters. The van der Waals surface area contributed by atoms with E-state index in [1.54, 1.807) is 6.92 Å². The Bertz CT molecular complexity index is 1030. The lowest BCUT2D eigenvalue weighted by molar-refractivity contribution is 0.0159. The number of aliphatic hydroxyl groups is 2. The monoisotopic (exact) mass is 421 g/mol. The molecule has 1 aliphatic rings. The van der Waals surface area contributed by atoms with Crippen LogP contribution in [0.1, 0.15) is 47.3 Å². The summed E-state index contributed by atoms with van der Waals surface area (Å²) < 4.78 is 5.46. The van der Waals surface area contributed by atoms with Crippen LogP contribution in [-0.2, 0) is 11.2 Å². The molecule has 0 fully saturated rings. The largest absolute Gasteiger partial charge is 0.449 e. The van der Waals surface area contributed by atoms with Crippen LogP contribution in [0.3, 0.4) is 0 Å². The lowest BCUT2D eigenvalue weighted by Crippen LogP contribution is -2.36. The topological polar surface area (TPSA) is 107 Å². The number of ether oxygens (including phenoxy) is 1. The number of H-pyrrole nitrogens is 1. The first-order valence-corrected chi connectivity index (χ1v) is 10.5. The second-order valence-corrected chi connectivity index (χ2v) is 7.77. The molecule has 2 aromatic carbocycles. The zero-order valence-corrected chi connectivity index (χ0v) is 17.6. The highest BCUT2D eigenvalue weighted by molar-refractivity contribution is 5.79. The van der Waals surface area contributed by atoms with E-state index < -0.39 is 18.3 Å². The summed E-state index contributed by atoms with van der Waals surface area (Å²) in [6.45, 7) is 3.78. The van der Waals surface area contributed by atoms with Crippen molar-refractivity contribution in [3.05, 3.63) is 76.9 Å². The van der Waals surface area contributed by atoms with Gasteiger partial charge < -0.3 is 25.3 Å². The van der Waals surface area contributed by atoms with Crippen LogP contribution in [0, 0.1) is 6.92 Å². The quantitative estimate of drug-likeness (QED) is 0.469. The van der Waals surface area contributed by atoms with E-state index in [1.165, 1.54) is 0 Å². The van der Waals surface area contributed by atoms with E-state index in [2.05, 4.69) is 39.6 Å². The SMILES string of the molecule is CCc1nc(C(O)C(O)CNC(=O)OCC2c3ccccc3-c3ccccc32)c(C)[nH]1. The second-order valence-electron chi connectivity index (χ2n) is 7.77. The number of hydrogen-bond acceptors (Lipinski definition) is 5. The van der Waals surface area contributed by atoms with Crippen molar-refractivity contribution in [3.8, 4) is 11.1 Å². The van der Waals surface area contributed by atoms with Crippen molar-refractivity contribution in [2.75, 3.05) is 13.2 Å². The Morgan fingerprint density at radius 1 is 1.13 bits per heavy atom. The zero-order valence-electron chi connectivity index (χ0n) is 17.6. The maximum absolute atomic E-state index is 12.3. The molecule has 4 N–H and O–H groups in total. The number of carbonyl (C=O) groups is 1. The maximum atomic E-state index is 12.3. The van der Waals surface area contributed by atoms with Crippen LogP contribution in [0.25, 0.3) is 11.1 Å². The highest BCUT2D eigenvalue weighted by Gasteiger charge is 2.29. The van der Waals surface area contributed by atoms with E-state index in [4.69, 9.17) is 4.74 Å². The minimum Gasteiger partial charge on any atom is -0.449 e. The molecule has 0 radical (unpaired) electrons. The van der Waals surface area contributed by atoms with Crippen LogP contribution in [0.5, 0.6) is 0 Å². The molecule has 2 atom stereocenters. The number of carbonyl (C=O) groups excluding carboxylic acids is 1. The van der Waals surface area contributed by atoms with Crippen LogP contribution in [0.2, 0.25) is 0 Å². The van der Waals surface area contributed by atoms with Crippen molar-refractivity contribution in [1.29, 1.82) is 0 Å². The summed E-state index contributed by atoms with van der Waals surface area (Å²) in [6, 6.07) is 16.2. The van der Waals surface area contributed by atoms with Crippen LogP contribution in [0.4, 0.5) is 4.79 Å². The molecule has 0 bridgehead atoms. The number of imidazole rings is 1. The average molecular weight is 421 g/mol. The fraction of sp³-hybridized carbons (Fsp3) is 0.333. The third kappa shape index (κ3) is 4.19. The number of aromatic amines is 1. The van der Waals surface area contributed by atoms with Crippen molar-refractivity contribution in [2.45, 2.75) is 38.4 Å². The molecule has 7 heteroatoms. The second kappa shape index (κ2) is 8.91. The highest BCUT2D eigenvalue weighted by Crippen LogP contribution is 2.44. The molecule has 4 rings (SSSR count). The first-order chi connectivity index (χ1) is 15.0. The summed E-state index contributed by atoms with van der Waals surface area (Å²) in [7, 11) is 0.